The van der Waals surface area contributed by atoms with E-state index in [4.69, 9.17) is 16.3 Å². The molecule has 0 radical (unpaired) electrons. The van der Waals surface area contributed by atoms with E-state index in [2.05, 4.69) is 9.97 Å². The third kappa shape index (κ3) is 3.48. The van der Waals surface area contributed by atoms with Crippen molar-refractivity contribution in [3.63, 3.8) is 0 Å². The molecule has 1 aliphatic carbocycles. The van der Waals surface area contributed by atoms with E-state index in [1.165, 1.54) is 19.2 Å². The number of halogens is 2. The summed E-state index contributed by atoms with van der Waals surface area (Å²) in [6.07, 6.45) is 1.99. The Balaban J connectivity index is 1.96. The Bertz CT molecular complexity index is 780. The van der Waals surface area contributed by atoms with E-state index in [1.54, 1.807) is 18.0 Å². The van der Waals surface area contributed by atoms with Crippen molar-refractivity contribution in [3.05, 3.63) is 52.2 Å². The zero-order chi connectivity index (χ0) is 17.3. The van der Waals surface area contributed by atoms with Gasteiger partial charge in [0, 0.05) is 19.5 Å². The van der Waals surface area contributed by atoms with Crippen LogP contribution < -0.4 is 4.90 Å². The van der Waals surface area contributed by atoms with E-state index in [0.29, 0.717) is 18.2 Å². The molecule has 0 amide bonds. The monoisotopic (exact) mass is 349 g/mol. The number of nitrogens with zero attached hydrogens (tertiary/aromatic N) is 3. The molecule has 2 aromatic rings. The van der Waals surface area contributed by atoms with E-state index >= 15 is 0 Å². The van der Waals surface area contributed by atoms with Gasteiger partial charge in [0.05, 0.1) is 7.11 Å². The number of anilines is 1. The summed E-state index contributed by atoms with van der Waals surface area (Å²) in [4.78, 5) is 22.5. The second kappa shape index (κ2) is 6.73. The molecular weight excluding hydrogens is 333 g/mol. The van der Waals surface area contributed by atoms with Crippen LogP contribution in [0.15, 0.2) is 24.3 Å². The van der Waals surface area contributed by atoms with Gasteiger partial charge < -0.3 is 9.64 Å². The van der Waals surface area contributed by atoms with Gasteiger partial charge in [-0.1, -0.05) is 23.7 Å². The summed E-state index contributed by atoms with van der Waals surface area (Å²) in [5.74, 6) is 0.402. The van der Waals surface area contributed by atoms with Crippen LogP contribution in [-0.4, -0.2) is 30.1 Å². The minimum Gasteiger partial charge on any atom is -0.464 e. The largest absolute Gasteiger partial charge is 0.464 e. The Morgan fingerprint density at radius 1 is 1.42 bits per heavy atom. The molecule has 126 valence electrons. The first kappa shape index (κ1) is 16.6. The molecule has 1 aromatic carbocycles. The molecule has 0 aliphatic heterocycles. The fourth-order valence-corrected chi connectivity index (χ4v) is 2.75. The number of carbonyl (C=O) groups is 1. The third-order valence-corrected chi connectivity index (χ3v) is 4.19. The first-order valence-corrected chi connectivity index (χ1v) is 7.98. The zero-order valence-electron chi connectivity index (χ0n) is 13.4. The highest BCUT2D eigenvalue weighted by Gasteiger charge is 2.30. The van der Waals surface area contributed by atoms with Gasteiger partial charge in [-0.3, -0.25) is 0 Å². The van der Waals surface area contributed by atoms with Crippen molar-refractivity contribution in [3.8, 4) is 0 Å². The van der Waals surface area contributed by atoms with Crippen LogP contribution in [0.2, 0.25) is 5.02 Å². The average molecular weight is 350 g/mol. The number of aromatic nitrogens is 2. The van der Waals surface area contributed by atoms with Crippen molar-refractivity contribution in [1.82, 2.24) is 9.97 Å². The number of hydrogen-bond donors (Lipinski definition) is 0. The van der Waals surface area contributed by atoms with Crippen molar-refractivity contribution >= 4 is 23.4 Å². The molecule has 0 unspecified atom stereocenters. The number of carbonyl (C=O) groups excluding carboxylic acids is 1. The van der Waals surface area contributed by atoms with Crippen molar-refractivity contribution in [2.45, 2.75) is 25.3 Å². The van der Waals surface area contributed by atoms with Crippen LogP contribution in [0.25, 0.3) is 0 Å². The van der Waals surface area contributed by atoms with Gasteiger partial charge in [0.15, 0.2) is 11.5 Å². The SMILES string of the molecule is COC(=O)c1nc(C2CC2)nc(N(C)Cc2cccc(F)c2)c1Cl. The summed E-state index contributed by atoms with van der Waals surface area (Å²) < 4.78 is 18.1. The van der Waals surface area contributed by atoms with Crippen LogP contribution in [-0.2, 0) is 11.3 Å². The molecule has 0 bridgehead atoms. The molecule has 1 aliphatic rings. The van der Waals surface area contributed by atoms with Gasteiger partial charge in [-0.15, -0.1) is 0 Å². The van der Waals surface area contributed by atoms with E-state index in [9.17, 15) is 9.18 Å². The predicted octanol–water partition coefficient (Wildman–Crippen LogP) is 3.57. The molecule has 0 spiro atoms. The molecule has 5 nitrogen and oxygen atoms in total. The molecule has 0 saturated heterocycles. The number of esters is 1. The topological polar surface area (TPSA) is 55.3 Å². The van der Waals surface area contributed by atoms with E-state index in [1.807, 2.05) is 6.07 Å². The lowest BCUT2D eigenvalue weighted by molar-refractivity contribution is 0.0593. The Morgan fingerprint density at radius 2 is 2.17 bits per heavy atom. The first-order chi connectivity index (χ1) is 11.5. The number of methoxy groups -OCH3 is 1. The van der Waals surface area contributed by atoms with Crippen molar-refractivity contribution in [2.24, 2.45) is 0 Å². The summed E-state index contributed by atoms with van der Waals surface area (Å²) in [6.45, 7) is 0.402. The van der Waals surface area contributed by atoms with Gasteiger partial charge in [0.25, 0.3) is 0 Å². The molecule has 1 heterocycles. The highest BCUT2D eigenvalue weighted by Crippen LogP contribution is 2.40. The van der Waals surface area contributed by atoms with Gasteiger partial charge in [-0.25, -0.2) is 19.2 Å². The van der Waals surface area contributed by atoms with Crippen LogP contribution in [0, 0.1) is 5.82 Å². The first-order valence-electron chi connectivity index (χ1n) is 7.61. The maximum atomic E-state index is 13.4. The Kier molecular flexibility index (Phi) is 4.66. The average Bonchev–Trinajstić information content (AvgIpc) is 3.39. The minimum atomic E-state index is -0.593. The van der Waals surface area contributed by atoms with Crippen LogP contribution in [0.4, 0.5) is 10.2 Å². The smallest absolute Gasteiger partial charge is 0.358 e. The fraction of sp³-hybridized carbons (Fsp3) is 0.353. The van der Waals surface area contributed by atoms with Crippen LogP contribution in [0.5, 0.6) is 0 Å². The van der Waals surface area contributed by atoms with Crippen LogP contribution in [0.1, 0.15) is 40.6 Å². The zero-order valence-corrected chi connectivity index (χ0v) is 14.2. The molecule has 3 rings (SSSR count). The minimum absolute atomic E-state index is 0.0668. The van der Waals surface area contributed by atoms with Gasteiger partial charge in [0.1, 0.15) is 16.7 Å². The molecule has 0 atom stereocenters. The van der Waals surface area contributed by atoms with Crippen molar-refractivity contribution in [1.29, 1.82) is 0 Å². The lowest BCUT2D eigenvalue weighted by Crippen LogP contribution is -2.21. The van der Waals surface area contributed by atoms with Gasteiger partial charge in [-0.2, -0.15) is 0 Å². The third-order valence-electron chi connectivity index (χ3n) is 3.84. The maximum absolute atomic E-state index is 13.4. The lowest BCUT2D eigenvalue weighted by atomic mass is 10.2. The number of ether oxygens (including phenoxy) is 1. The van der Waals surface area contributed by atoms with E-state index < -0.39 is 5.97 Å². The number of rotatable bonds is 5. The van der Waals surface area contributed by atoms with Crippen LogP contribution >= 0.6 is 11.6 Å². The Morgan fingerprint density at radius 3 is 2.79 bits per heavy atom. The molecule has 1 saturated carbocycles. The highest BCUT2D eigenvalue weighted by atomic mass is 35.5. The number of hydrogen-bond acceptors (Lipinski definition) is 5. The quantitative estimate of drug-likeness (QED) is 0.772. The number of benzene rings is 1. The molecular formula is C17H17ClFN3O2. The predicted molar refractivity (Wildman–Crippen MR) is 88.9 cm³/mol. The maximum Gasteiger partial charge on any atom is 0.358 e. The van der Waals surface area contributed by atoms with E-state index in [0.717, 1.165) is 18.4 Å². The normalized spacial score (nSPS) is 13.7. The fourth-order valence-electron chi connectivity index (χ4n) is 2.45. The van der Waals surface area contributed by atoms with Crippen molar-refractivity contribution < 1.29 is 13.9 Å². The summed E-state index contributed by atoms with van der Waals surface area (Å²) in [7, 11) is 3.07. The molecule has 24 heavy (non-hydrogen) atoms. The summed E-state index contributed by atoms with van der Waals surface area (Å²) in [5, 5.41) is 0.144. The Labute approximate surface area is 144 Å². The van der Waals surface area contributed by atoms with Crippen LogP contribution in [0.3, 0.4) is 0 Å². The second-order valence-electron chi connectivity index (χ2n) is 5.82. The van der Waals surface area contributed by atoms with Gasteiger partial charge in [0.2, 0.25) is 0 Å². The summed E-state index contributed by atoms with van der Waals surface area (Å²) >= 11 is 6.33. The standard InChI is InChI=1S/C17H17ClFN3O2/c1-22(9-10-4-3-5-12(19)8-10)16-13(18)14(17(23)24-2)20-15(21-16)11-6-7-11/h3-5,8,11H,6-7,9H2,1-2H3. The highest BCUT2D eigenvalue weighted by molar-refractivity contribution is 6.35. The van der Waals surface area contributed by atoms with E-state index in [-0.39, 0.29) is 22.5 Å². The second-order valence-corrected chi connectivity index (χ2v) is 6.20. The summed E-state index contributed by atoms with van der Waals surface area (Å²) in [6, 6.07) is 6.31. The lowest BCUT2D eigenvalue weighted by Gasteiger charge is -2.21. The van der Waals surface area contributed by atoms with Crippen molar-refractivity contribution in [2.75, 3.05) is 19.1 Å². The molecule has 1 fully saturated rings. The Hall–Kier alpha value is -2.21. The molecule has 0 N–H and O–H groups in total. The summed E-state index contributed by atoms with van der Waals surface area (Å²) in [5.41, 5.74) is 0.844. The van der Waals surface area contributed by atoms with Gasteiger partial charge in [-0.05, 0) is 30.5 Å². The molecule has 7 heteroatoms. The van der Waals surface area contributed by atoms with Gasteiger partial charge >= 0.3 is 5.97 Å². The molecule has 1 aromatic heterocycles.